The van der Waals surface area contributed by atoms with Gasteiger partial charge in [0.2, 0.25) is 0 Å². The maximum Gasteiger partial charge on any atom is 0.0605 e. The van der Waals surface area contributed by atoms with E-state index in [4.69, 9.17) is 0 Å². The van der Waals surface area contributed by atoms with Crippen LogP contribution in [0.15, 0.2) is 30.3 Å². The van der Waals surface area contributed by atoms with Crippen molar-refractivity contribution in [2.75, 3.05) is 26.2 Å². The highest BCUT2D eigenvalue weighted by Crippen LogP contribution is 2.08. The van der Waals surface area contributed by atoms with Crippen molar-refractivity contribution in [3.63, 3.8) is 0 Å². The first-order valence-corrected chi connectivity index (χ1v) is 7.88. The van der Waals surface area contributed by atoms with E-state index in [0.717, 1.165) is 25.2 Å². The molecular weight excluding hydrogens is 244 g/mol. The number of hydrogen-bond donors (Lipinski definition) is 1. The molecule has 20 heavy (non-hydrogen) atoms. The highest BCUT2D eigenvalue weighted by molar-refractivity contribution is 5.33. The summed E-state index contributed by atoms with van der Waals surface area (Å²) in [6, 6.07) is 10.9. The standard InChI is InChI=1S/C18H26N2/c1-2-14-20(16-18-12-6-7-13-19-18)15-8-11-17-9-4-3-5-10-17/h3-5,9-10,18-19H,2,6-7,12-16H2,1H3. The van der Waals surface area contributed by atoms with Crippen LogP contribution < -0.4 is 5.32 Å². The number of hydrogen-bond acceptors (Lipinski definition) is 2. The molecule has 0 aliphatic carbocycles. The maximum absolute atomic E-state index is 3.63. The molecule has 1 aromatic carbocycles. The molecule has 1 aliphatic rings. The molecule has 108 valence electrons. The molecule has 2 rings (SSSR count). The average molecular weight is 270 g/mol. The van der Waals surface area contributed by atoms with Crippen molar-refractivity contribution in [2.24, 2.45) is 0 Å². The highest BCUT2D eigenvalue weighted by atomic mass is 15.1. The van der Waals surface area contributed by atoms with Gasteiger partial charge >= 0.3 is 0 Å². The van der Waals surface area contributed by atoms with E-state index in [2.05, 4.69) is 41.1 Å². The van der Waals surface area contributed by atoms with Gasteiger partial charge in [-0.2, -0.15) is 0 Å². The van der Waals surface area contributed by atoms with Gasteiger partial charge in [-0.3, -0.25) is 4.90 Å². The van der Waals surface area contributed by atoms with Crippen LogP contribution in [0.1, 0.15) is 38.2 Å². The normalized spacial score (nSPS) is 18.6. The first-order valence-electron chi connectivity index (χ1n) is 7.88. The Kier molecular flexibility index (Phi) is 6.63. The Morgan fingerprint density at radius 1 is 1.25 bits per heavy atom. The summed E-state index contributed by atoms with van der Waals surface area (Å²) in [4.78, 5) is 2.49. The second-order valence-electron chi connectivity index (χ2n) is 5.55. The second-order valence-corrected chi connectivity index (χ2v) is 5.55. The molecule has 2 heteroatoms. The predicted octanol–water partition coefficient (Wildman–Crippen LogP) is 2.89. The smallest absolute Gasteiger partial charge is 0.0605 e. The lowest BCUT2D eigenvalue weighted by atomic mass is 10.0. The van der Waals surface area contributed by atoms with Crippen LogP contribution in [0, 0.1) is 11.8 Å². The lowest BCUT2D eigenvalue weighted by molar-refractivity contribution is 0.245. The van der Waals surface area contributed by atoms with Gasteiger partial charge in [-0.15, -0.1) is 0 Å². The summed E-state index contributed by atoms with van der Waals surface area (Å²) in [7, 11) is 0. The minimum absolute atomic E-state index is 0.661. The zero-order valence-electron chi connectivity index (χ0n) is 12.6. The van der Waals surface area contributed by atoms with Crippen molar-refractivity contribution >= 4 is 0 Å². The lowest BCUT2D eigenvalue weighted by Gasteiger charge is -2.29. The van der Waals surface area contributed by atoms with Gasteiger partial charge in [0, 0.05) is 18.2 Å². The Morgan fingerprint density at radius 2 is 2.10 bits per heavy atom. The van der Waals surface area contributed by atoms with Gasteiger partial charge < -0.3 is 5.32 Å². The quantitative estimate of drug-likeness (QED) is 0.828. The van der Waals surface area contributed by atoms with Crippen molar-refractivity contribution in [1.29, 1.82) is 0 Å². The Morgan fingerprint density at radius 3 is 2.80 bits per heavy atom. The number of piperidine rings is 1. The molecule has 0 amide bonds. The van der Waals surface area contributed by atoms with Gasteiger partial charge in [0.25, 0.3) is 0 Å². The molecule has 1 fully saturated rings. The highest BCUT2D eigenvalue weighted by Gasteiger charge is 2.15. The molecule has 0 radical (unpaired) electrons. The largest absolute Gasteiger partial charge is 0.313 e. The third-order valence-electron chi connectivity index (χ3n) is 3.74. The number of benzene rings is 1. The Bertz CT molecular complexity index is 424. The summed E-state index contributed by atoms with van der Waals surface area (Å²) < 4.78 is 0. The third-order valence-corrected chi connectivity index (χ3v) is 3.74. The summed E-state index contributed by atoms with van der Waals surface area (Å²) in [5, 5.41) is 3.63. The fourth-order valence-electron chi connectivity index (χ4n) is 2.72. The molecule has 1 atom stereocenters. The van der Waals surface area contributed by atoms with Crippen LogP contribution in [0.25, 0.3) is 0 Å². The number of nitrogens with zero attached hydrogens (tertiary/aromatic N) is 1. The minimum Gasteiger partial charge on any atom is -0.313 e. The van der Waals surface area contributed by atoms with E-state index < -0.39 is 0 Å². The topological polar surface area (TPSA) is 15.3 Å². The summed E-state index contributed by atoms with van der Waals surface area (Å²) in [5.41, 5.74) is 1.11. The third kappa shape index (κ3) is 5.36. The molecule has 0 bridgehead atoms. The Hall–Kier alpha value is -1.30. The molecule has 1 heterocycles. The zero-order valence-corrected chi connectivity index (χ0v) is 12.6. The van der Waals surface area contributed by atoms with Crippen LogP contribution >= 0.6 is 0 Å². The maximum atomic E-state index is 3.63. The van der Waals surface area contributed by atoms with E-state index in [0.29, 0.717) is 6.04 Å². The molecule has 1 aromatic rings. The SMILES string of the molecule is CCCN(CC#Cc1ccccc1)CC1CCCCN1. The van der Waals surface area contributed by atoms with E-state index in [1.54, 1.807) is 0 Å². The lowest BCUT2D eigenvalue weighted by Crippen LogP contribution is -2.44. The minimum atomic E-state index is 0.661. The van der Waals surface area contributed by atoms with Crippen LogP contribution in [-0.4, -0.2) is 37.1 Å². The van der Waals surface area contributed by atoms with Gasteiger partial charge in [-0.1, -0.05) is 43.4 Å². The summed E-state index contributed by atoms with van der Waals surface area (Å²) in [5.74, 6) is 6.58. The van der Waals surface area contributed by atoms with E-state index in [9.17, 15) is 0 Å². The summed E-state index contributed by atoms with van der Waals surface area (Å²) >= 11 is 0. The molecular formula is C18H26N2. The first kappa shape index (κ1) is 15.1. The van der Waals surface area contributed by atoms with Gasteiger partial charge in [-0.25, -0.2) is 0 Å². The molecule has 0 spiro atoms. The van der Waals surface area contributed by atoms with Crippen LogP contribution in [0.2, 0.25) is 0 Å². The van der Waals surface area contributed by atoms with Crippen LogP contribution in [0.5, 0.6) is 0 Å². The molecule has 0 saturated carbocycles. The van der Waals surface area contributed by atoms with Crippen LogP contribution in [0.3, 0.4) is 0 Å². The summed E-state index contributed by atoms with van der Waals surface area (Å²) in [6.45, 7) is 6.58. The monoisotopic (exact) mass is 270 g/mol. The molecule has 1 N–H and O–H groups in total. The zero-order chi connectivity index (χ0) is 14.0. The van der Waals surface area contributed by atoms with Gasteiger partial charge in [0.05, 0.1) is 6.54 Å². The van der Waals surface area contributed by atoms with E-state index in [1.165, 1.54) is 32.2 Å². The van der Waals surface area contributed by atoms with E-state index in [-0.39, 0.29) is 0 Å². The molecule has 2 nitrogen and oxygen atoms in total. The van der Waals surface area contributed by atoms with Gasteiger partial charge in [0.15, 0.2) is 0 Å². The van der Waals surface area contributed by atoms with Gasteiger partial charge in [0.1, 0.15) is 0 Å². The van der Waals surface area contributed by atoms with Crippen LogP contribution in [-0.2, 0) is 0 Å². The Labute approximate surface area is 123 Å². The van der Waals surface area contributed by atoms with Gasteiger partial charge in [-0.05, 0) is 44.5 Å². The predicted molar refractivity (Wildman–Crippen MR) is 85.7 cm³/mol. The fourth-order valence-corrected chi connectivity index (χ4v) is 2.72. The van der Waals surface area contributed by atoms with Crippen molar-refractivity contribution in [2.45, 2.75) is 38.6 Å². The molecule has 0 aromatic heterocycles. The van der Waals surface area contributed by atoms with Crippen molar-refractivity contribution in [3.05, 3.63) is 35.9 Å². The van der Waals surface area contributed by atoms with E-state index >= 15 is 0 Å². The number of rotatable bonds is 5. The molecule has 1 unspecified atom stereocenters. The Balaban J connectivity index is 1.84. The summed E-state index contributed by atoms with van der Waals surface area (Å²) in [6.07, 6.45) is 5.21. The van der Waals surface area contributed by atoms with E-state index in [1.807, 2.05) is 18.2 Å². The van der Waals surface area contributed by atoms with Crippen LogP contribution in [0.4, 0.5) is 0 Å². The van der Waals surface area contributed by atoms with Crippen molar-refractivity contribution < 1.29 is 0 Å². The average Bonchev–Trinajstić information content (AvgIpc) is 2.49. The molecule has 1 saturated heterocycles. The van der Waals surface area contributed by atoms with Crippen molar-refractivity contribution in [1.82, 2.24) is 10.2 Å². The second kappa shape index (κ2) is 8.79. The molecule has 1 aliphatic heterocycles. The fraction of sp³-hybridized carbons (Fsp3) is 0.556. The number of nitrogens with one attached hydrogen (secondary N) is 1. The van der Waals surface area contributed by atoms with Crippen molar-refractivity contribution in [3.8, 4) is 11.8 Å². The first-order chi connectivity index (χ1) is 9.88.